The van der Waals surface area contributed by atoms with Crippen molar-refractivity contribution in [3.63, 3.8) is 0 Å². The number of nitro groups is 1. The molecule has 2 heterocycles. The van der Waals surface area contributed by atoms with Crippen LogP contribution in [0.3, 0.4) is 0 Å². The minimum Gasteiger partial charge on any atom is -0.507 e. The number of hydrogen-bond acceptors (Lipinski definition) is 8. The SMILES string of the molecule is Cc1ccc(C)c(C(O)=C2C(=O)C(=O)N(c3nnc(C)s3)C2c2ccc([N+](=O)[O-])cc2)c1. The Morgan fingerprint density at radius 3 is 2.38 bits per heavy atom. The number of benzene rings is 2. The zero-order valence-electron chi connectivity index (χ0n) is 17.4. The molecule has 0 spiro atoms. The van der Waals surface area contributed by atoms with E-state index in [1.807, 2.05) is 19.1 Å². The Kier molecular flexibility index (Phi) is 5.31. The minimum absolute atomic E-state index is 0.106. The number of aryl methyl sites for hydroxylation is 3. The van der Waals surface area contributed by atoms with Crippen LogP contribution in [-0.2, 0) is 9.59 Å². The van der Waals surface area contributed by atoms with Gasteiger partial charge < -0.3 is 5.11 Å². The maximum absolute atomic E-state index is 13.1. The summed E-state index contributed by atoms with van der Waals surface area (Å²) in [5.41, 5.74) is 2.22. The van der Waals surface area contributed by atoms with E-state index in [1.165, 1.54) is 29.2 Å². The molecular weight excluding hydrogens is 432 g/mol. The van der Waals surface area contributed by atoms with E-state index < -0.39 is 22.7 Å². The van der Waals surface area contributed by atoms with Crippen molar-refractivity contribution in [2.24, 2.45) is 0 Å². The van der Waals surface area contributed by atoms with Gasteiger partial charge in [0.05, 0.1) is 16.5 Å². The van der Waals surface area contributed by atoms with E-state index in [2.05, 4.69) is 10.2 Å². The summed E-state index contributed by atoms with van der Waals surface area (Å²) in [5, 5.41) is 31.0. The molecule has 1 fully saturated rings. The van der Waals surface area contributed by atoms with Crippen molar-refractivity contribution in [1.29, 1.82) is 0 Å². The lowest BCUT2D eigenvalue weighted by atomic mass is 9.93. The van der Waals surface area contributed by atoms with Gasteiger partial charge in [-0.1, -0.05) is 29.0 Å². The van der Waals surface area contributed by atoms with Crippen LogP contribution in [0.1, 0.15) is 33.3 Å². The van der Waals surface area contributed by atoms with Gasteiger partial charge in [0.1, 0.15) is 10.8 Å². The van der Waals surface area contributed by atoms with Gasteiger partial charge in [0, 0.05) is 17.7 Å². The first-order valence-corrected chi connectivity index (χ1v) is 10.4. The van der Waals surface area contributed by atoms with Crippen LogP contribution in [0.5, 0.6) is 0 Å². The number of carbonyl (C=O) groups excluding carboxylic acids is 2. The Hall–Kier alpha value is -3.92. The highest BCUT2D eigenvalue weighted by Crippen LogP contribution is 2.43. The van der Waals surface area contributed by atoms with Crippen molar-refractivity contribution >= 4 is 39.6 Å². The standard InChI is InChI=1S/C22H18N4O5S/c1-11-4-5-12(2)16(10-11)19(27)17-18(14-6-8-15(9-7-14)26(30)31)25(21(29)20(17)28)22-24-23-13(3)32-22/h4-10,18,27H,1-3H3. The Bertz CT molecular complexity index is 1300. The Balaban J connectivity index is 1.96. The summed E-state index contributed by atoms with van der Waals surface area (Å²) in [6, 6.07) is 9.93. The van der Waals surface area contributed by atoms with Crippen LogP contribution in [0.4, 0.5) is 10.8 Å². The molecule has 1 aliphatic rings. The number of rotatable bonds is 4. The number of aromatic nitrogens is 2. The van der Waals surface area contributed by atoms with Gasteiger partial charge in [0.25, 0.3) is 11.5 Å². The molecule has 1 atom stereocenters. The van der Waals surface area contributed by atoms with Crippen molar-refractivity contribution in [3.05, 3.63) is 85.4 Å². The third-order valence-corrected chi connectivity index (χ3v) is 6.07. The second-order valence-corrected chi connectivity index (χ2v) is 8.60. The highest BCUT2D eigenvalue weighted by molar-refractivity contribution is 7.15. The number of ketones is 1. The van der Waals surface area contributed by atoms with E-state index in [9.17, 15) is 24.8 Å². The molecule has 162 valence electrons. The highest BCUT2D eigenvalue weighted by Gasteiger charge is 2.48. The highest BCUT2D eigenvalue weighted by atomic mass is 32.1. The third-order valence-electron chi connectivity index (χ3n) is 5.23. The summed E-state index contributed by atoms with van der Waals surface area (Å²) in [6.07, 6.45) is 0. The first-order chi connectivity index (χ1) is 15.2. The first kappa shape index (κ1) is 21.3. The second kappa shape index (κ2) is 7.97. The van der Waals surface area contributed by atoms with Crippen LogP contribution < -0.4 is 4.90 Å². The summed E-state index contributed by atoms with van der Waals surface area (Å²) >= 11 is 1.13. The number of non-ortho nitro benzene ring substituents is 1. The molecule has 0 bridgehead atoms. The number of nitro benzene ring substituents is 1. The molecule has 1 unspecified atom stereocenters. The number of nitrogens with zero attached hydrogens (tertiary/aromatic N) is 4. The molecule has 1 aliphatic heterocycles. The van der Waals surface area contributed by atoms with Crippen molar-refractivity contribution in [3.8, 4) is 0 Å². The second-order valence-electron chi connectivity index (χ2n) is 7.44. The van der Waals surface area contributed by atoms with E-state index in [1.54, 1.807) is 19.9 Å². The molecule has 4 rings (SSSR count). The van der Waals surface area contributed by atoms with Gasteiger partial charge in [-0.05, 0) is 50.1 Å². The molecule has 0 saturated carbocycles. The van der Waals surface area contributed by atoms with E-state index in [4.69, 9.17) is 0 Å². The fourth-order valence-corrected chi connectivity index (χ4v) is 4.36. The van der Waals surface area contributed by atoms with Crippen LogP contribution in [0.15, 0.2) is 48.0 Å². The number of hydrogen-bond donors (Lipinski definition) is 1. The fourth-order valence-electron chi connectivity index (χ4n) is 3.64. The van der Waals surface area contributed by atoms with Crippen molar-refractivity contribution in [2.75, 3.05) is 4.90 Å². The number of aliphatic hydroxyl groups excluding tert-OH is 1. The fraction of sp³-hybridized carbons (Fsp3) is 0.182. The summed E-state index contributed by atoms with van der Waals surface area (Å²) in [7, 11) is 0. The first-order valence-electron chi connectivity index (χ1n) is 9.62. The molecule has 0 radical (unpaired) electrons. The normalized spacial score (nSPS) is 17.7. The summed E-state index contributed by atoms with van der Waals surface area (Å²) in [6.45, 7) is 5.36. The predicted molar refractivity (Wildman–Crippen MR) is 118 cm³/mol. The lowest BCUT2D eigenvalue weighted by Crippen LogP contribution is -2.29. The quantitative estimate of drug-likeness (QED) is 0.209. The van der Waals surface area contributed by atoms with Crippen LogP contribution in [0, 0.1) is 30.9 Å². The van der Waals surface area contributed by atoms with E-state index >= 15 is 0 Å². The molecule has 1 N–H and O–H groups in total. The van der Waals surface area contributed by atoms with Gasteiger partial charge in [-0.3, -0.25) is 24.6 Å². The Morgan fingerprint density at radius 2 is 1.78 bits per heavy atom. The molecule has 32 heavy (non-hydrogen) atoms. The number of amides is 1. The van der Waals surface area contributed by atoms with Crippen molar-refractivity contribution in [2.45, 2.75) is 26.8 Å². The van der Waals surface area contributed by atoms with Crippen LogP contribution in [-0.4, -0.2) is 31.9 Å². The number of anilines is 1. The molecule has 9 nitrogen and oxygen atoms in total. The molecule has 3 aromatic rings. The molecule has 0 aliphatic carbocycles. The number of carbonyl (C=O) groups is 2. The number of aliphatic hydroxyl groups is 1. The van der Waals surface area contributed by atoms with Gasteiger partial charge in [-0.15, -0.1) is 10.2 Å². The molecule has 1 amide bonds. The Morgan fingerprint density at radius 1 is 1.09 bits per heavy atom. The molecular formula is C22H18N4O5S. The summed E-state index contributed by atoms with van der Waals surface area (Å²) in [5.74, 6) is -2.02. The zero-order chi connectivity index (χ0) is 23.2. The zero-order valence-corrected chi connectivity index (χ0v) is 18.2. The minimum atomic E-state index is -1.01. The molecule has 1 saturated heterocycles. The van der Waals surface area contributed by atoms with E-state index in [0.29, 0.717) is 16.1 Å². The molecule has 2 aromatic carbocycles. The van der Waals surface area contributed by atoms with Gasteiger partial charge in [-0.2, -0.15) is 0 Å². The van der Waals surface area contributed by atoms with Crippen LogP contribution in [0.2, 0.25) is 0 Å². The topological polar surface area (TPSA) is 127 Å². The molecule has 1 aromatic heterocycles. The average Bonchev–Trinajstić information content (AvgIpc) is 3.30. The van der Waals surface area contributed by atoms with Crippen LogP contribution >= 0.6 is 11.3 Å². The average molecular weight is 450 g/mol. The maximum Gasteiger partial charge on any atom is 0.301 e. The predicted octanol–water partition coefficient (Wildman–Crippen LogP) is 4.00. The van der Waals surface area contributed by atoms with Crippen LogP contribution in [0.25, 0.3) is 5.76 Å². The lowest BCUT2D eigenvalue weighted by molar-refractivity contribution is -0.384. The Labute approximate surface area is 186 Å². The molecule has 10 heteroatoms. The van der Waals surface area contributed by atoms with E-state index in [0.717, 1.165) is 22.5 Å². The van der Waals surface area contributed by atoms with Crippen molar-refractivity contribution < 1.29 is 19.6 Å². The van der Waals surface area contributed by atoms with Gasteiger partial charge in [0.15, 0.2) is 0 Å². The van der Waals surface area contributed by atoms with Crippen molar-refractivity contribution in [1.82, 2.24) is 10.2 Å². The van der Waals surface area contributed by atoms with Gasteiger partial charge >= 0.3 is 5.91 Å². The van der Waals surface area contributed by atoms with E-state index in [-0.39, 0.29) is 22.2 Å². The monoisotopic (exact) mass is 450 g/mol. The van der Waals surface area contributed by atoms with Gasteiger partial charge in [0.2, 0.25) is 5.13 Å². The summed E-state index contributed by atoms with van der Waals surface area (Å²) in [4.78, 5) is 37.9. The smallest absolute Gasteiger partial charge is 0.301 e. The third kappa shape index (κ3) is 3.54. The summed E-state index contributed by atoms with van der Waals surface area (Å²) < 4.78 is 0. The van der Waals surface area contributed by atoms with Gasteiger partial charge in [-0.25, -0.2) is 0 Å². The largest absolute Gasteiger partial charge is 0.507 e. The maximum atomic E-state index is 13.1. The lowest BCUT2D eigenvalue weighted by Gasteiger charge is -2.22. The number of Topliss-reactive ketones (excluding diaryl/α,β-unsaturated/α-hetero) is 1.